The first-order chi connectivity index (χ1) is 18.4. The monoisotopic (exact) mass is 592 g/mol. The van der Waals surface area contributed by atoms with Crippen LogP contribution in [0.15, 0.2) is 70.7 Å². The lowest BCUT2D eigenvalue weighted by atomic mass is 9.95. The zero-order chi connectivity index (χ0) is 26.4. The molecule has 10 heteroatoms. The van der Waals surface area contributed by atoms with Crippen molar-refractivity contribution in [3.8, 4) is 17.2 Å². The standard InChI is InChI=1S/C28H21BrN2O6S/c1-2-35-18-8-9-19-22(14-18)38-28(30-19)31-24(15-3-6-17(29)7-4-15)23(26(33)27(31)34)25(32)16-5-10-20-21(13-16)37-12-11-36-20/h3-10,13-14,24,32H,2,11-12H2,1H3/t24-/m0/s1. The topological polar surface area (TPSA) is 98.2 Å². The van der Waals surface area contributed by atoms with Gasteiger partial charge in [0.1, 0.15) is 24.7 Å². The number of hydrogen-bond donors (Lipinski definition) is 1. The van der Waals surface area contributed by atoms with E-state index in [1.807, 2.05) is 49.4 Å². The van der Waals surface area contributed by atoms with Gasteiger partial charge in [-0.3, -0.25) is 14.5 Å². The van der Waals surface area contributed by atoms with E-state index in [1.54, 1.807) is 18.2 Å². The summed E-state index contributed by atoms with van der Waals surface area (Å²) < 4.78 is 18.5. The van der Waals surface area contributed by atoms with Gasteiger partial charge in [0, 0.05) is 10.0 Å². The molecule has 0 saturated carbocycles. The van der Waals surface area contributed by atoms with Crippen molar-refractivity contribution in [2.75, 3.05) is 24.7 Å². The number of rotatable bonds is 5. The Balaban J connectivity index is 1.51. The van der Waals surface area contributed by atoms with Crippen molar-refractivity contribution < 1.29 is 28.9 Å². The number of aliphatic hydroxyl groups is 1. The van der Waals surface area contributed by atoms with Gasteiger partial charge in [0.2, 0.25) is 0 Å². The average molecular weight is 593 g/mol. The van der Waals surface area contributed by atoms with E-state index < -0.39 is 17.7 Å². The predicted molar refractivity (Wildman–Crippen MR) is 147 cm³/mol. The Bertz CT molecular complexity index is 1610. The van der Waals surface area contributed by atoms with Crippen LogP contribution in [-0.2, 0) is 9.59 Å². The van der Waals surface area contributed by atoms with E-state index in [1.165, 1.54) is 16.2 Å². The minimum absolute atomic E-state index is 0.0248. The second-order valence-corrected chi connectivity index (χ2v) is 10.6. The molecule has 0 bridgehead atoms. The van der Waals surface area contributed by atoms with Gasteiger partial charge >= 0.3 is 5.91 Å². The van der Waals surface area contributed by atoms with Crippen molar-refractivity contribution in [3.63, 3.8) is 0 Å². The Kier molecular flexibility index (Phi) is 6.29. The smallest absolute Gasteiger partial charge is 0.301 e. The second-order valence-electron chi connectivity index (χ2n) is 8.64. The van der Waals surface area contributed by atoms with Gasteiger partial charge in [-0.1, -0.05) is 39.4 Å². The summed E-state index contributed by atoms with van der Waals surface area (Å²) >= 11 is 4.72. The van der Waals surface area contributed by atoms with E-state index in [9.17, 15) is 14.7 Å². The second kappa shape index (κ2) is 9.77. The van der Waals surface area contributed by atoms with Gasteiger partial charge in [0.05, 0.1) is 28.4 Å². The molecule has 1 saturated heterocycles. The number of aromatic nitrogens is 1. The molecular formula is C28H21BrN2O6S. The number of Topliss-reactive ketones (excluding diaryl/α,β-unsaturated/α-hetero) is 1. The highest BCUT2D eigenvalue weighted by Gasteiger charge is 2.48. The third kappa shape index (κ3) is 4.19. The summed E-state index contributed by atoms with van der Waals surface area (Å²) in [4.78, 5) is 33.0. The maximum Gasteiger partial charge on any atom is 0.301 e. The number of ketones is 1. The predicted octanol–water partition coefficient (Wildman–Crippen LogP) is 5.86. The fourth-order valence-corrected chi connectivity index (χ4v) is 5.87. The molecule has 8 nitrogen and oxygen atoms in total. The van der Waals surface area contributed by atoms with E-state index >= 15 is 0 Å². The van der Waals surface area contributed by atoms with Crippen molar-refractivity contribution >= 4 is 60.1 Å². The number of halogens is 1. The van der Waals surface area contributed by atoms with Gasteiger partial charge in [-0.05, 0) is 61.0 Å². The van der Waals surface area contributed by atoms with Crippen molar-refractivity contribution in [1.82, 2.24) is 4.98 Å². The Morgan fingerprint density at radius 1 is 1.08 bits per heavy atom. The molecule has 6 rings (SSSR count). The fourth-order valence-electron chi connectivity index (χ4n) is 4.59. The van der Waals surface area contributed by atoms with Crippen LogP contribution in [0.4, 0.5) is 5.13 Å². The average Bonchev–Trinajstić information content (AvgIpc) is 3.46. The number of fused-ring (bicyclic) bond motifs is 2. The number of benzene rings is 3. The van der Waals surface area contributed by atoms with Gasteiger partial charge in [0.15, 0.2) is 16.6 Å². The molecule has 1 aromatic heterocycles. The Morgan fingerprint density at radius 3 is 2.61 bits per heavy atom. The highest BCUT2D eigenvalue weighted by molar-refractivity contribution is 9.10. The molecule has 3 aromatic carbocycles. The number of aliphatic hydroxyl groups excluding tert-OH is 1. The molecule has 4 aromatic rings. The van der Waals surface area contributed by atoms with Crippen LogP contribution < -0.4 is 19.1 Å². The molecule has 192 valence electrons. The summed E-state index contributed by atoms with van der Waals surface area (Å²) in [5.74, 6) is -0.138. The van der Waals surface area contributed by atoms with Crippen molar-refractivity contribution in [2.24, 2.45) is 0 Å². The van der Waals surface area contributed by atoms with Gasteiger partial charge in [-0.2, -0.15) is 0 Å². The van der Waals surface area contributed by atoms with Gasteiger partial charge < -0.3 is 19.3 Å². The number of anilines is 1. The molecule has 0 unspecified atom stereocenters. The van der Waals surface area contributed by atoms with E-state index in [2.05, 4.69) is 20.9 Å². The normalized spacial score (nSPS) is 18.3. The Hall–Kier alpha value is -3.89. The number of ether oxygens (including phenoxy) is 3. The fraction of sp³-hybridized carbons (Fsp3) is 0.179. The quantitative estimate of drug-likeness (QED) is 0.176. The highest BCUT2D eigenvalue weighted by atomic mass is 79.9. The molecule has 0 spiro atoms. The molecule has 1 atom stereocenters. The largest absolute Gasteiger partial charge is 0.507 e. The first-order valence-electron chi connectivity index (χ1n) is 11.9. The highest BCUT2D eigenvalue weighted by Crippen LogP contribution is 2.45. The molecule has 1 fully saturated rings. The molecule has 2 aliphatic heterocycles. The van der Waals surface area contributed by atoms with Crippen LogP contribution in [0.1, 0.15) is 24.1 Å². The van der Waals surface area contributed by atoms with Crippen LogP contribution in [0, 0.1) is 0 Å². The summed E-state index contributed by atoms with van der Waals surface area (Å²) in [5.41, 5.74) is 1.65. The van der Waals surface area contributed by atoms with Crippen LogP contribution in [0.25, 0.3) is 16.0 Å². The zero-order valence-electron chi connectivity index (χ0n) is 20.1. The number of amides is 1. The maximum absolute atomic E-state index is 13.5. The van der Waals surface area contributed by atoms with E-state index in [0.717, 1.165) is 9.17 Å². The van der Waals surface area contributed by atoms with Gasteiger partial charge in [0.25, 0.3) is 5.78 Å². The van der Waals surface area contributed by atoms with Crippen molar-refractivity contribution in [2.45, 2.75) is 13.0 Å². The van der Waals surface area contributed by atoms with Crippen LogP contribution in [0.5, 0.6) is 17.2 Å². The maximum atomic E-state index is 13.5. The lowest BCUT2D eigenvalue weighted by molar-refractivity contribution is -0.132. The minimum Gasteiger partial charge on any atom is -0.507 e. The molecule has 0 aliphatic carbocycles. The summed E-state index contributed by atoms with van der Waals surface area (Å²) in [7, 11) is 0. The Morgan fingerprint density at radius 2 is 1.84 bits per heavy atom. The number of thiazole rings is 1. The number of carbonyl (C=O) groups excluding carboxylic acids is 2. The van der Waals surface area contributed by atoms with Crippen molar-refractivity contribution in [3.05, 3.63) is 81.8 Å². The molecule has 38 heavy (non-hydrogen) atoms. The zero-order valence-corrected chi connectivity index (χ0v) is 22.5. The molecule has 1 amide bonds. The van der Waals surface area contributed by atoms with Gasteiger partial charge in [-0.25, -0.2) is 4.98 Å². The summed E-state index contributed by atoms with van der Waals surface area (Å²) in [6, 6.07) is 16.8. The number of nitrogens with zero attached hydrogens (tertiary/aromatic N) is 2. The summed E-state index contributed by atoms with van der Waals surface area (Å²) in [6.07, 6.45) is 0. The van der Waals surface area contributed by atoms with Crippen LogP contribution in [0.2, 0.25) is 0 Å². The minimum atomic E-state index is -0.886. The van der Waals surface area contributed by atoms with Crippen molar-refractivity contribution in [1.29, 1.82) is 0 Å². The number of hydrogen-bond acceptors (Lipinski definition) is 8. The molecule has 0 radical (unpaired) electrons. The van der Waals surface area contributed by atoms with Crippen LogP contribution in [0.3, 0.4) is 0 Å². The van der Waals surface area contributed by atoms with E-state index in [0.29, 0.717) is 58.8 Å². The summed E-state index contributed by atoms with van der Waals surface area (Å²) in [6.45, 7) is 3.24. The summed E-state index contributed by atoms with van der Waals surface area (Å²) in [5, 5.41) is 11.8. The molecular weight excluding hydrogens is 572 g/mol. The lowest BCUT2D eigenvalue weighted by Crippen LogP contribution is -2.29. The molecule has 1 N–H and O–H groups in total. The van der Waals surface area contributed by atoms with E-state index in [4.69, 9.17) is 14.2 Å². The first-order valence-corrected chi connectivity index (χ1v) is 13.6. The lowest BCUT2D eigenvalue weighted by Gasteiger charge is -2.23. The number of carbonyl (C=O) groups is 2. The first kappa shape index (κ1) is 24.4. The van der Waals surface area contributed by atoms with Gasteiger partial charge in [-0.15, -0.1) is 0 Å². The van der Waals surface area contributed by atoms with E-state index in [-0.39, 0.29) is 11.3 Å². The SMILES string of the molecule is CCOc1ccc2nc(N3C(=O)C(=O)C(=C(O)c4ccc5c(c4)OCCO5)[C@@H]3c3ccc(Br)cc3)sc2c1. The molecule has 2 aliphatic rings. The molecule has 3 heterocycles. The third-order valence-corrected chi connectivity index (χ3v) is 7.86. The Labute approximate surface area is 230 Å². The van der Waals surface area contributed by atoms with Crippen LogP contribution in [-0.4, -0.2) is 41.6 Å². The third-order valence-electron chi connectivity index (χ3n) is 6.31. The van der Waals surface area contributed by atoms with Crippen LogP contribution >= 0.6 is 27.3 Å².